The van der Waals surface area contributed by atoms with E-state index >= 15 is 0 Å². The lowest BCUT2D eigenvalue weighted by atomic mass is 9.98. The van der Waals surface area contributed by atoms with Crippen LogP contribution >= 0.6 is 0 Å². The fraction of sp³-hybridized carbons (Fsp3) is 0.357. The molecule has 0 fully saturated rings. The van der Waals surface area contributed by atoms with Gasteiger partial charge in [0.2, 0.25) is 6.79 Å². The number of esters is 1. The van der Waals surface area contributed by atoms with Crippen LogP contribution in [0.3, 0.4) is 0 Å². The van der Waals surface area contributed by atoms with Crippen molar-refractivity contribution in [2.75, 3.05) is 20.0 Å². The van der Waals surface area contributed by atoms with E-state index in [-0.39, 0.29) is 18.5 Å². The van der Waals surface area contributed by atoms with Crippen molar-refractivity contribution in [2.24, 2.45) is 5.41 Å². The predicted molar refractivity (Wildman–Crippen MR) is 134 cm³/mol. The van der Waals surface area contributed by atoms with Crippen LogP contribution in [-0.2, 0) is 16.0 Å². The molecule has 0 saturated heterocycles. The summed E-state index contributed by atoms with van der Waals surface area (Å²) in [6, 6.07) is 10.5. The van der Waals surface area contributed by atoms with E-state index in [4.69, 9.17) is 18.9 Å². The third-order valence-electron chi connectivity index (χ3n) is 4.76. The lowest BCUT2D eigenvalue weighted by molar-refractivity contribution is -0.159. The van der Waals surface area contributed by atoms with Crippen molar-refractivity contribution in [3.05, 3.63) is 71.8 Å². The van der Waals surface area contributed by atoms with Crippen molar-refractivity contribution in [1.29, 1.82) is 0 Å². The van der Waals surface area contributed by atoms with Gasteiger partial charge in [0.1, 0.15) is 17.2 Å². The van der Waals surface area contributed by atoms with Crippen molar-refractivity contribution in [1.82, 2.24) is 0 Å². The zero-order chi connectivity index (χ0) is 25.1. The van der Waals surface area contributed by atoms with Gasteiger partial charge in [-0.05, 0) is 89.1 Å². The van der Waals surface area contributed by atoms with Crippen LogP contribution in [0.2, 0.25) is 0 Å². The molecule has 0 N–H and O–H groups in total. The zero-order valence-corrected chi connectivity index (χ0v) is 20.7. The molecule has 0 saturated carbocycles. The number of rotatable bonds is 12. The number of ketones is 1. The van der Waals surface area contributed by atoms with E-state index in [2.05, 4.69) is 6.58 Å². The molecule has 0 radical (unpaired) electrons. The molecule has 0 unspecified atom stereocenters. The van der Waals surface area contributed by atoms with Gasteiger partial charge in [-0.25, -0.2) is 0 Å². The van der Waals surface area contributed by atoms with E-state index < -0.39 is 5.41 Å². The molecule has 34 heavy (non-hydrogen) atoms. The number of hydrogen-bond donors (Lipinski definition) is 0. The second-order valence-corrected chi connectivity index (χ2v) is 8.49. The molecule has 2 aromatic rings. The molecule has 0 spiro atoms. The van der Waals surface area contributed by atoms with Gasteiger partial charge in [-0.1, -0.05) is 12.1 Å². The Morgan fingerprint density at radius 3 is 2.21 bits per heavy atom. The average molecular weight is 467 g/mol. The molecule has 0 amide bonds. The van der Waals surface area contributed by atoms with Gasteiger partial charge < -0.3 is 18.9 Å². The molecule has 0 aromatic heterocycles. The smallest absolute Gasteiger partial charge is 0.314 e. The SMILES string of the molecule is C=CCc1ccc(OCC)c(C=CC(=O)c2ccc(OCOC(=O)C(C)(C)C)cc2)c1OCC. The Labute approximate surface area is 202 Å². The Hall–Kier alpha value is -3.54. The van der Waals surface area contributed by atoms with Crippen LogP contribution in [0.15, 0.2) is 55.1 Å². The molecular formula is C28H34O6. The highest BCUT2D eigenvalue weighted by Gasteiger charge is 2.23. The molecule has 182 valence electrons. The third kappa shape index (κ3) is 7.51. The molecule has 6 heteroatoms. The summed E-state index contributed by atoms with van der Waals surface area (Å²) < 4.78 is 22.2. The van der Waals surface area contributed by atoms with Crippen molar-refractivity contribution < 1.29 is 28.5 Å². The van der Waals surface area contributed by atoms with Crippen LogP contribution in [0.4, 0.5) is 0 Å². The number of carbonyl (C=O) groups is 2. The van der Waals surface area contributed by atoms with Gasteiger partial charge in [0.25, 0.3) is 0 Å². The highest BCUT2D eigenvalue weighted by Crippen LogP contribution is 2.34. The molecular weight excluding hydrogens is 432 g/mol. The molecule has 6 nitrogen and oxygen atoms in total. The maximum Gasteiger partial charge on any atom is 0.314 e. The summed E-state index contributed by atoms with van der Waals surface area (Å²) in [7, 11) is 0. The van der Waals surface area contributed by atoms with Gasteiger partial charge in [-0.2, -0.15) is 0 Å². The van der Waals surface area contributed by atoms with E-state index in [0.717, 1.165) is 11.1 Å². The normalized spacial score (nSPS) is 11.2. The minimum atomic E-state index is -0.596. The highest BCUT2D eigenvalue weighted by molar-refractivity contribution is 6.07. The summed E-state index contributed by atoms with van der Waals surface area (Å²) in [5.41, 5.74) is 1.59. The van der Waals surface area contributed by atoms with Crippen molar-refractivity contribution >= 4 is 17.8 Å². The first-order chi connectivity index (χ1) is 16.2. The number of ether oxygens (including phenoxy) is 4. The lowest BCUT2D eigenvalue weighted by Crippen LogP contribution is -2.24. The van der Waals surface area contributed by atoms with E-state index in [9.17, 15) is 9.59 Å². The first-order valence-corrected chi connectivity index (χ1v) is 11.4. The monoisotopic (exact) mass is 466 g/mol. The number of hydrogen-bond acceptors (Lipinski definition) is 6. The molecule has 0 bridgehead atoms. The summed E-state index contributed by atoms with van der Waals surface area (Å²) in [4.78, 5) is 24.6. The van der Waals surface area contributed by atoms with E-state index in [1.807, 2.05) is 32.1 Å². The second-order valence-electron chi connectivity index (χ2n) is 8.49. The predicted octanol–water partition coefficient (Wildman–Crippen LogP) is 6.03. The fourth-order valence-corrected chi connectivity index (χ4v) is 3.04. The second kappa shape index (κ2) is 12.6. The van der Waals surface area contributed by atoms with E-state index in [0.29, 0.717) is 42.4 Å². The Morgan fingerprint density at radius 2 is 1.62 bits per heavy atom. The van der Waals surface area contributed by atoms with Gasteiger partial charge in [0, 0.05) is 5.56 Å². The Morgan fingerprint density at radius 1 is 0.941 bits per heavy atom. The fourth-order valence-electron chi connectivity index (χ4n) is 3.04. The molecule has 0 aliphatic heterocycles. The van der Waals surface area contributed by atoms with Crippen molar-refractivity contribution in [3.63, 3.8) is 0 Å². The quantitative estimate of drug-likeness (QED) is 0.125. The van der Waals surface area contributed by atoms with Gasteiger partial charge in [0.05, 0.1) is 24.2 Å². The number of allylic oxidation sites excluding steroid dienone is 2. The molecule has 0 aliphatic rings. The van der Waals surface area contributed by atoms with Crippen LogP contribution in [-0.4, -0.2) is 31.8 Å². The lowest BCUT2D eigenvalue weighted by Gasteiger charge is -2.16. The summed E-state index contributed by atoms with van der Waals surface area (Å²) in [6.07, 6.45) is 5.67. The Kier molecular flexibility index (Phi) is 9.92. The summed E-state index contributed by atoms with van der Waals surface area (Å²) in [6.45, 7) is 13.7. The van der Waals surface area contributed by atoms with Crippen LogP contribution in [0.1, 0.15) is 56.1 Å². The minimum absolute atomic E-state index is 0.176. The molecule has 2 rings (SSSR count). The topological polar surface area (TPSA) is 71.1 Å². The first kappa shape index (κ1) is 26.7. The molecule has 0 aliphatic carbocycles. The first-order valence-electron chi connectivity index (χ1n) is 11.4. The van der Waals surface area contributed by atoms with Crippen LogP contribution in [0, 0.1) is 5.41 Å². The Bertz CT molecular complexity index is 1010. The van der Waals surface area contributed by atoms with E-state index in [1.54, 1.807) is 51.1 Å². The maximum atomic E-state index is 12.8. The van der Waals surface area contributed by atoms with Gasteiger partial charge in [-0.3, -0.25) is 9.59 Å². The number of carbonyl (C=O) groups excluding carboxylic acids is 2. The summed E-state index contributed by atoms with van der Waals surface area (Å²) in [5, 5.41) is 0. The average Bonchev–Trinajstić information content (AvgIpc) is 2.80. The molecule has 2 aromatic carbocycles. The van der Waals surface area contributed by atoms with Crippen LogP contribution < -0.4 is 14.2 Å². The summed E-state index contributed by atoms with van der Waals surface area (Å²) in [5.74, 6) is 1.31. The van der Waals surface area contributed by atoms with Gasteiger partial charge in [-0.15, -0.1) is 6.58 Å². The molecule has 0 atom stereocenters. The Balaban J connectivity index is 2.16. The van der Waals surface area contributed by atoms with Gasteiger partial charge >= 0.3 is 5.97 Å². The third-order valence-corrected chi connectivity index (χ3v) is 4.76. The maximum absolute atomic E-state index is 12.8. The molecule has 0 heterocycles. The standard InChI is InChI=1S/C28H34O6/c1-7-10-21-13-18-25(31-8-2)23(26(21)32-9-3)16-17-24(29)20-11-14-22(15-12-20)33-19-34-27(30)28(4,5)6/h7,11-18H,1,8-10,19H2,2-6H3. The van der Waals surface area contributed by atoms with Crippen molar-refractivity contribution in [2.45, 2.75) is 41.0 Å². The van der Waals surface area contributed by atoms with Crippen LogP contribution in [0.5, 0.6) is 17.2 Å². The van der Waals surface area contributed by atoms with Gasteiger partial charge in [0.15, 0.2) is 5.78 Å². The van der Waals surface area contributed by atoms with E-state index in [1.165, 1.54) is 6.08 Å². The highest BCUT2D eigenvalue weighted by atomic mass is 16.7. The minimum Gasteiger partial charge on any atom is -0.493 e. The summed E-state index contributed by atoms with van der Waals surface area (Å²) >= 11 is 0. The largest absolute Gasteiger partial charge is 0.493 e. The zero-order valence-electron chi connectivity index (χ0n) is 20.7. The number of benzene rings is 2. The van der Waals surface area contributed by atoms with Crippen molar-refractivity contribution in [3.8, 4) is 17.2 Å². The van der Waals surface area contributed by atoms with Crippen LogP contribution in [0.25, 0.3) is 6.08 Å².